The summed E-state index contributed by atoms with van der Waals surface area (Å²) in [5.41, 5.74) is 3.94. The number of methoxy groups -OCH3 is 1. The van der Waals surface area contributed by atoms with Gasteiger partial charge in [-0.05, 0) is 48.2 Å². The quantitative estimate of drug-likeness (QED) is 0.910. The van der Waals surface area contributed by atoms with Gasteiger partial charge in [-0.3, -0.25) is 0 Å². The van der Waals surface area contributed by atoms with Crippen molar-refractivity contribution in [1.29, 1.82) is 5.26 Å². The van der Waals surface area contributed by atoms with E-state index in [0.29, 0.717) is 11.6 Å². The Morgan fingerprint density at radius 1 is 1.24 bits per heavy atom. The molecule has 3 nitrogen and oxygen atoms in total. The van der Waals surface area contributed by atoms with Crippen LogP contribution in [0.3, 0.4) is 0 Å². The van der Waals surface area contributed by atoms with Crippen molar-refractivity contribution in [3.63, 3.8) is 0 Å². The maximum Gasteiger partial charge on any atom is 0.126 e. The van der Waals surface area contributed by atoms with Crippen LogP contribution < -0.4 is 10.1 Å². The van der Waals surface area contributed by atoms with E-state index < -0.39 is 0 Å². The summed E-state index contributed by atoms with van der Waals surface area (Å²) in [7, 11) is 1.66. The van der Waals surface area contributed by atoms with E-state index in [1.807, 2.05) is 12.1 Å². The molecule has 0 aromatic heterocycles. The topological polar surface area (TPSA) is 45.0 Å². The first-order chi connectivity index (χ1) is 10.3. The summed E-state index contributed by atoms with van der Waals surface area (Å²) in [4.78, 5) is 0. The molecule has 106 valence electrons. The van der Waals surface area contributed by atoms with Gasteiger partial charge in [-0.1, -0.05) is 18.2 Å². The summed E-state index contributed by atoms with van der Waals surface area (Å²) in [6, 6.07) is 16.8. The van der Waals surface area contributed by atoms with Crippen LogP contribution in [0.5, 0.6) is 5.75 Å². The molecule has 0 saturated heterocycles. The lowest BCUT2D eigenvalue weighted by molar-refractivity contribution is 0.416. The second kappa shape index (κ2) is 5.99. The Morgan fingerprint density at radius 2 is 2.10 bits per heavy atom. The predicted octanol–water partition coefficient (Wildman–Crippen LogP) is 3.49. The summed E-state index contributed by atoms with van der Waals surface area (Å²) >= 11 is 0. The van der Waals surface area contributed by atoms with Crippen molar-refractivity contribution in [2.75, 3.05) is 7.11 Å². The molecule has 3 rings (SSSR count). The van der Waals surface area contributed by atoms with E-state index in [1.54, 1.807) is 13.2 Å². The van der Waals surface area contributed by atoms with E-state index in [4.69, 9.17) is 10.00 Å². The highest BCUT2D eigenvalue weighted by Gasteiger charge is 2.20. The monoisotopic (exact) mass is 278 g/mol. The van der Waals surface area contributed by atoms with Crippen LogP contribution in [-0.4, -0.2) is 13.2 Å². The standard InChI is InChI=1S/C18H18N2O/c1-21-18-8-5-13(11-19)10-17(18)15-4-2-3-14(9-15)12-20-16-6-7-16/h2-5,8-10,16,20H,6-7,12H2,1H3. The van der Waals surface area contributed by atoms with Crippen LogP contribution in [0, 0.1) is 11.3 Å². The molecule has 0 radical (unpaired) electrons. The lowest BCUT2D eigenvalue weighted by Gasteiger charge is -2.11. The minimum Gasteiger partial charge on any atom is -0.496 e. The Hall–Kier alpha value is -2.31. The minimum atomic E-state index is 0.646. The fraction of sp³-hybridized carbons (Fsp3) is 0.278. The van der Waals surface area contributed by atoms with Crippen molar-refractivity contribution in [2.45, 2.75) is 25.4 Å². The highest BCUT2D eigenvalue weighted by molar-refractivity contribution is 5.72. The van der Waals surface area contributed by atoms with Crippen molar-refractivity contribution < 1.29 is 4.74 Å². The number of hydrogen-bond acceptors (Lipinski definition) is 3. The van der Waals surface area contributed by atoms with Gasteiger partial charge in [0, 0.05) is 18.2 Å². The van der Waals surface area contributed by atoms with Crippen molar-refractivity contribution >= 4 is 0 Å². The van der Waals surface area contributed by atoms with Crippen LogP contribution in [0.4, 0.5) is 0 Å². The molecule has 1 aliphatic rings. The van der Waals surface area contributed by atoms with Gasteiger partial charge in [-0.15, -0.1) is 0 Å². The summed E-state index contributed by atoms with van der Waals surface area (Å²) in [6.07, 6.45) is 2.58. The molecule has 1 saturated carbocycles. The molecule has 0 spiro atoms. The van der Waals surface area contributed by atoms with E-state index in [2.05, 4.69) is 35.7 Å². The Balaban J connectivity index is 1.91. The number of ether oxygens (including phenoxy) is 1. The summed E-state index contributed by atoms with van der Waals surface area (Å²) in [5.74, 6) is 0.793. The van der Waals surface area contributed by atoms with Crippen molar-refractivity contribution in [3.8, 4) is 22.9 Å². The van der Waals surface area contributed by atoms with Crippen molar-refractivity contribution in [3.05, 3.63) is 53.6 Å². The second-order valence-electron chi connectivity index (χ2n) is 5.38. The largest absolute Gasteiger partial charge is 0.496 e. The number of nitriles is 1. The number of hydrogen-bond donors (Lipinski definition) is 1. The van der Waals surface area contributed by atoms with E-state index in [9.17, 15) is 0 Å². The zero-order valence-electron chi connectivity index (χ0n) is 12.1. The normalized spacial score (nSPS) is 13.7. The number of nitrogens with zero attached hydrogens (tertiary/aromatic N) is 1. The molecule has 1 N–H and O–H groups in total. The van der Waals surface area contributed by atoms with Crippen LogP contribution in [0.15, 0.2) is 42.5 Å². The maximum absolute atomic E-state index is 9.08. The summed E-state index contributed by atoms with van der Waals surface area (Å²) < 4.78 is 5.42. The minimum absolute atomic E-state index is 0.646. The third-order valence-corrected chi connectivity index (χ3v) is 3.74. The maximum atomic E-state index is 9.08. The van der Waals surface area contributed by atoms with E-state index in [1.165, 1.54) is 18.4 Å². The first-order valence-corrected chi connectivity index (χ1v) is 7.21. The fourth-order valence-electron chi connectivity index (χ4n) is 2.40. The van der Waals surface area contributed by atoms with Crippen LogP contribution in [-0.2, 0) is 6.54 Å². The van der Waals surface area contributed by atoms with E-state index in [-0.39, 0.29) is 0 Å². The molecule has 0 bridgehead atoms. The van der Waals surface area contributed by atoms with Gasteiger partial charge in [0.25, 0.3) is 0 Å². The molecule has 1 fully saturated rings. The van der Waals surface area contributed by atoms with Gasteiger partial charge < -0.3 is 10.1 Å². The molecule has 2 aromatic rings. The highest BCUT2D eigenvalue weighted by atomic mass is 16.5. The smallest absolute Gasteiger partial charge is 0.126 e. The molecule has 3 heteroatoms. The van der Waals surface area contributed by atoms with Gasteiger partial charge in [-0.25, -0.2) is 0 Å². The molecule has 2 aromatic carbocycles. The third kappa shape index (κ3) is 3.24. The first kappa shape index (κ1) is 13.7. The van der Waals surface area contributed by atoms with Gasteiger partial charge in [0.1, 0.15) is 5.75 Å². The van der Waals surface area contributed by atoms with Gasteiger partial charge in [-0.2, -0.15) is 5.26 Å². The zero-order valence-corrected chi connectivity index (χ0v) is 12.1. The predicted molar refractivity (Wildman–Crippen MR) is 83.0 cm³/mol. The average Bonchev–Trinajstić information content (AvgIpc) is 3.37. The first-order valence-electron chi connectivity index (χ1n) is 7.21. The number of rotatable bonds is 5. The molecule has 1 aliphatic carbocycles. The molecular weight excluding hydrogens is 260 g/mol. The molecule has 0 heterocycles. The van der Waals surface area contributed by atoms with Crippen LogP contribution in [0.2, 0.25) is 0 Å². The van der Waals surface area contributed by atoms with E-state index in [0.717, 1.165) is 23.4 Å². The number of nitrogens with one attached hydrogen (secondary N) is 1. The molecule has 21 heavy (non-hydrogen) atoms. The van der Waals surface area contributed by atoms with Crippen LogP contribution in [0.25, 0.3) is 11.1 Å². The fourth-order valence-corrected chi connectivity index (χ4v) is 2.40. The molecular formula is C18H18N2O. The SMILES string of the molecule is COc1ccc(C#N)cc1-c1cccc(CNC2CC2)c1. The Bertz CT molecular complexity index is 684. The second-order valence-corrected chi connectivity index (χ2v) is 5.38. The summed E-state index contributed by atoms with van der Waals surface area (Å²) in [6.45, 7) is 0.888. The highest BCUT2D eigenvalue weighted by Crippen LogP contribution is 2.31. The molecule has 0 atom stereocenters. The third-order valence-electron chi connectivity index (χ3n) is 3.74. The Morgan fingerprint density at radius 3 is 2.81 bits per heavy atom. The van der Waals surface area contributed by atoms with Crippen LogP contribution in [0.1, 0.15) is 24.0 Å². The molecule has 0 unspecified atom stereocenters. The zero-order chi connectivity index (χ0) is 14.7. The lowest BCUT2D eigenvalue weighted by atomic mass is 10.00. The average molecular weight is 278 g/mol. The molecule has 0 aliphatic heterocycles. The van der Waals surface area contributed by atoms with Gasteiger partial charge >= 0.3 is 0 Å². The van der Waals surface area contributed by atoms with Crippen LogP contribution >= 0.6 is 0 Å². The number of benzene rings is 2. The van der Waals surface area contributed by atoms with E-state index >= 15 is 0 Å². The summed E-state index contributed by atoms with van der Waals surface area (Å²) in [5, 5.41) is 12.6. The molecule has 0 amide bonds. The Kier molecular flexibility index (Phi) is 3.89. The van der Waals surface area contributed by atoms with Crippen molar-refractivity contribution in [2.24, 2.45) is 0 Å². The lowest BCUT2D eigenvalue weighted by Crippen LogP contribution is -2.15. The Labute approximate surface area is 125 Å². The van der Waals surface area contributed by atoms with Gasteiger partial charge in [0.2, 0.25) is 0 Å². The van der Waals surface area contributed by atoms with Gasteiger partial charge in [0.15, 0.2) is 0 Å². The van der Waals surface area contributed by atoms with Gasteiger partial charge in [0.05, 0.1) is 18.7 Å². The van der Waals surface area contributed by atoms with Crippen molar-refractivity contribution in [1.82, 2.24) is 5.32 Å².